The molecule has 0 unspecified atom stereocenters. The number of carbonyl (C=O) groups excluding carboxylic acids is 1. The van der Waals surface area contributed by atoms with Gasteiger partial charge in [0.2, 0.25) is 0 Å². The molecule has 0 aromatic heterocycles. The topological polar surface area (TPSA) is 66.4 Å². The number of rotatable bonds is 7. The van der Waals surface area contributed by atoms with E-state index in [1.54, 1.807) is 11.8 Å². The molecule has 0 spiro atoms. The largest absolute Gasteiger partial charge is 0.478 e. The summed E-state index contributed by atoms with van der Waals surface area (Å²) in [5, 5.41) is 11.3. The second-order valence-electron chi connectivity index (χ2n) is 3.81. The van der Waals surface area contributed by atoms with Crippen LogP contribution in [0.25, 0.3) is 0 Å². The maximum atomic E-state index is 13.6. The molecule has 0 bridgehead atoms. The van der Waals surface area contributed by atoms with Crippen molar-refractivity contribution in [1.82, 2.24) is 5.32 Å². The standard InChI is InChI=1S/C13H16FNO3S/c1-2-19-7-3-6-15-12(16)10-5-4-9(13(17)18)8-11(10)14/h4-5,8H,2-3,6-7H2,1H3,(H,15,16)(H,17,18). The van der Waals surface area contributed by atoms with E-state index < -0.39 is 17.7 Å². The van der Waals surface area contributed by atoms with Gasteiger partial charge in [-0.25, -0.2) is 9.18 Å². The number of halogens is 1. The summed E-state index contributed by atoms with van der Waals surface area (Å²) in [7, 11) is 0. The third-order valence-electron chi connectivity index (χ3n) is 2.42. The number of aromatic carboxylic acids is 1. The van der Waals surface area contributed by atoms with E-state index in [0.29, 0.717) is 6.54 Å². The summed E-state index contributed by atoms with van der Waals surface area (Å²) in [6.45, 7) is 2.54. The minimum Gasteiger partial charge on any atom is -0.478 e. The number of thioether (sulfide) groups is 1. The van der Waals surface area contributed by atoms with Crippen molar-refractivity contribution in [3.05, 3.63) is 35.1 Å². The van der Waals surface area contributed by atoms with E-state index in [9.17, 15) is 14.0 Å². The Morgan fingerprint density at radius 3 is 2.74 bits per heavy atom. The zero-order valence-electron chi connectivity index (χ0n) is 10.6. The monoisotopic (exact) mass is 285 g/mol. The van der Waals surface area contributed by atoms with Crippen LogP contribution in [0.5, 0.6) is 0 Å². The van der Waals surface area contributed by atoms with Crippen LogP contribution < -0.4 is 5.32 Å². The molecule has 1 rings (SSSR count). The van der Waals surface area contributed by atoms with Gasteiger partial charge in [0, 0.05) is 6.54 Å². The number of carbonyl (C=O) groups is 2. The molecule has 0 aliphatic heterocycles. The first-order chi connectivity index (χ1) is 9.06. The van der Waals surface area contributed by atoms with Crippen molar-refractivity contribution in [2.24, 2.45) is 0 Å². The molecule has 0 radical (unpaired) electrons. The van der Waals surface area contributed by atoms with Gasteiger partial charge in [-0.2, -0.15) is 11.8 Å². The summed E-state index contributed by atoms with van der Waals surface area (Å²) in [6.07, 6.45) is 0.819. The van der Waals surface area contributed by atoms with Crippen molar-refractivity contribution < 1.29 is 19.1 Å². The average Bonchev–Trinajstić information content (AvgIpc) is 2.38. The van der Waals surface area contributed by atoms with Gasteiger partial charge in [-0.15, -0.1) is 0 Å². The highest BCUT2D eigenvalue weighted by atomic mass is 32.2. The normalized spacial score (nSPS) is 10.2. The lowest BCUT2D eigenvalue weighted by Gasteiger charge is -2.06. The predicted molar refractivity (Wildman–Crippen MR) is 73.3 cm³/mol. The first-order valence-electron chi connectivity index (χ1n) is 5.95. The van der Waals surface area contributed by atoms with E-state index in [0.717, 1.165) is 24.0 Å². The minimum atomic E-state index is -1.22. The number of carboxylic acids is 1. The van der Waals surface area contributed by atoms with Crippen LogP contribution in [0, 0.1) is 5.82 Å². The number of benzene rings is 1. The number of nitrogens with one attached hydrogen (secondary N) is 1. The Morgan fingerprint density at radius 2 is 2.16 bits per heavy atom. The van der Waals surface area contributed by atoms with Gasteiger partial charge in [-0.3, -0.25) is 4.79 Å². The zero-order chi connectivity index (χ0) is 14.3. The highest BCUT2D eigenvalue weighted by Crippen LogP contribution is 2.10. The minimum absolute atomic E-state index is 0.131. The molecule has 1 aromatic carbocycles. The van der Waals surface area contributed by atoms with Gasteiger partial charge in [-0.05, 0) is 36.1 Å². The summed E-state index contributed by atoms with van der Waals surface area (Å²) < 4.78 is 13.6. The fourth-order valence-electron chi connectivity index (χ4n) is 1.45. The van der Waals surface area contributed by atoms with Gasteiger partial charge in [0.1, 0.15) is 5.82 Å². The highest BCUT2D eigenvalue weighted by molar-refractivity contribution is 7.99. The molecule has 1 amide bonds. The highest BCUT2D eigenvalue weighted by Gasteiger charge is 2.13. The van der Waals surface area contributed by atoms with Gasteiger partial charge in [-0.1, -0.05) is 6.92 Å². The van der Waals surface area contributed by atoms with Crippen LogP contribution in [0.1, 0.15) is 34.1 Å². The van der Waals surface area contributed by atoms with Crippen molar-refractivity contribution >= 4 is 23.6 Å². The first kappa shape index (κ1) is 15.5. The average molecular weight is 285 g/mol. The van der Waals surface area contributed by atoms with Crippen LogP contribution >= 0.6 is 11.8 Å². The molecule has 104 valence electrons. The van der Waals surface area contributed by atoms with Crippen LogP contribution in [0.4, 0.5) is 4.39 Å². The van der Waals surface area contributed by atoms with Crippen LogP contribution in [-0.2, 0) is 0 Å². The number of hydrogen-bond acceptors (Lipinski definition) is 3. The lowest BCUT2D eigenvalue weighted by Crippen LogP contribution is -2.25. The molecule has 0 heterocycles. The molecule has 2 N–H and O–H groups in total. The van der Waals surface area contributed by atoms with E-state index in [1.165, 1.54) is 12.1 Å². The molecule has 1 aromatic rings. The van der Waals surface area contributed by atoms with Crippen molar-refractivity contribution in [1.29, 1.82) is 0 Å². The van der Waals surface area contributed by atoms with Gasteiger partial charge >= 0.3 is 5.97 Å². The summed E-state index contributed by atoms with van der Waals surface area (Å²) in [4.78, 5) is 22.3. The maximum Gasteiger partial charge on any atom is 0.335 e. The summed E-state index contributed by atoms with van der Waals surface area (Å²) >= 11 is 1.77. The van der Waals surface area contributed by atoms with Crippen molar-refractivity contribution in [2.75, 3.05) is 18.1 Å². The molecular formula is C13H16FNO3S. The van der Waals surface area contributed by atoms with E-state index in [-0.39, 0.29) is 11.1 Å². The maximum absolute atomic E-state index is 13.6. The molecule has 19 heavy (non-hydrogen) atoms. The van der Waals surface area contributed by atoms with Crippen molar-refractivity contribution in [3.63, 3.8) is 0 Å². The van der Waals surface area contributed by atoms with Crippen LogP contribution in [0.15, 0.2) is 18.2 Å². The molecule has 0 saturated carbocycles. The Hall–Kier alpha value is -1.56. The molecule has 0 saturated heterocycles. The van der Waals surface area contributed by atoms with Gasteiger partial charge in [0.25, 0.3) is 5.91 Å². The first-order valence-corrected chi connectivity index (χ1v) is 7.10. The van der Waals surface area contributed by atoms with E-state index in [4.69, 9.17) is 5.11 Å². The second-order valence-corrected chi connectivity index (χ2v) is 5.20. The molecule has 0 fully saturated rings. The van der Waals surface area contributed by atoms with Crippen LogP contribution in [-0.4, -0.2) is 35.0 Å². The van der Waals surface area contributed by atoms with Gasteiger partial charge in [0.15, 0.2) is 0 Å². The Balaban J connectivity index is 2.55. The number of amides is 1. The molecule has 0 atom stereocenters. The predicted octanol–water partition coefficient (Wildman–Crippen LogP) is 2.40. The van der Waals surface area contributed by atoms with E-state index >= 15 is 0 Å². The summed E-state index contributed by atoms with van der Waals surface area (Å²) in [6, 6.07) is 3.26. The van der Waals surface area contributed by atoms with Crippen molar-refractivity contribution in [2.45, 2.75) is 13.3 Å². The van der Waals surface area contributed by atoms with E-state index in [2.05, 4.69) is 12.2 Å². The SMILES string of the molecule is CCSCCCNC(=O)c1ccc(C(=O)O)cc1F. The molecule has 4 nitrogen and oxygen atoms in total. The fourth-order valence-corrected chi connectivity index (χ4v) is 2.09. The molecule has 6 heteroatoms. The van der Waals surface area contributed by atoms with Crippen LogP contribution in [0.3, 0.4) is 0 Å². The Kier molecular flexibility index (Phi) is 6.35. The van der Waals surface area contributed by atoms with Crippen LogP contribution in [0.2, 0.25) is 0 Å². The Morgan fingerprint density at radius 1 is 1.42 bits per heavy atom. The molecule has 0 aliphatic carbocycles. The van der Waals surface area contributed by atoms with E-state index in [1.807, 2.05) is 0 Å². The Bertz CT molecular complexity index is 465. The van der Waals surface area contributed by atoms with Gasteiger partial charge < -0.3 is 10.4 Å². The molecule has 0 aliphatic rings. The quantitative estimate of drug-likeness (QED) is 0.755. The summed E-state index contributed by atoms with van der Waals surface area (Å²) in [5.41, 5.74) is -0.304. The fraction of sp³-hybridized carbons (Fsp3) is 0.385. The smallest absolute Gasteiger partial charge is 0.335 e. The Labute approximate surface area is 115 Å². The zero-order valence-corrected chi connectivity index (χ0v) is 11.4. The van der Waals surface area contributed by atoms with Crippen molar-refractivity contribution in [3.8, 4) is 0 Å². The summed E-state index contributed by atoms with van der Waals surface area (Å²) in [5.74, 6) is -0.588. The second kappa shape index (κ2) is 7.78. The third-order valence-corrected chi connectivity index (χ3v) is 3.40. The number of hydrogen-bond donors (Lipinski definition) is 2. The number of carboxylic acid groups (broad SMARTS) is 1. The third kappa shape index (κ3) is 4.90. The van der Waals surface area contributed by atoms with Gasteiger partial charge in [0.05, 0.1) is 11.1 Å². The lowest BCUT2D eigenvalue weighted by molar-refractivity contribution is 0.0695. The molecular weight excluding hydrogens is 269 g/mol. The lowest BCUT2D eigenvalue weighted by atomic mass is 10.1.